The van der Waals surface area contributed by atoms with Crippen LogP contribution in [0.1, 0.15) is 6.42 Å². The molecule has 1 amide bonds. The quantitative estimate of drug-likeness (QED) is 0.570. The maximum absolute atomic E-state index is 12.1. The van der Waals surface area contributed by atoms with Crippen molar-refractivity contribution in [1.82, 2.24) is 25.1 Å². The maximum Gasteiger partial charge on any atom is 0.244 e. The van der Waals surface area contributed by atoms with Crippen molar-refractivity contribution in [3.05, 3.63) is 55.1 Å². The first-order chi connectivity index (χ1) is 13.7. The van der Waals surface area contributed by atoms with Crippen LogP contribution < -0.4 is 10.6 Å². The molecule has 0 saturated carbocycles. The van der Waals surface area contributed by atoms with Crippen LogP contribution in [0.4, 0.5) is 5.69 Å². The van der Waals surface area contributed by atoms with Gasteiger partial charge >= 0.3 is 0 Å². The van der Waals surface area contributed by atoms with Gasteiger partial charge in [0, 0.05) is 29.9 Å². The molecule has 0 unspecified atom stereocenters. The number of fused-ring (bicyclic) bond motifs is 1. The van der Waals surface area contributed by atoms with Crippen molar-refractivity contribution in [2.45, 2.75) is 12.5 Å². The van der Waals surface area contributed by atoms with Crippen LogP contribution in [0.3, 0.4) is 0 Å². The Hall–Kier alpha value is -3.65. The molecule has 8 nitrogen and oxygen atoms in total. The molecule has 1 atom stereocenters. The summed E-state index contributed by atoms with van der Waals surface area (Å²) in [4.78, 5) is 26.9. The monoisotopic (exact) mass is 371 g/mol. The number of anilines is 1. The molecule has 8 heteroatoms. The van der Waals surface area contributed by atoms with Crippen LogP contribution in [0.25, 0.3) is 33.5 Å². The molecule has 0 radical (unpaired) electrons. The molecule has 1 saturated heterocycles. The van der Waals surface area contributed by atoms with Crippen LogP contribution >= 0.6 is 0 Å². The second kappa shape index (κ2) is 6.50. The topological polar surface area (TPSA) is 114 Å². The number of nitrogens with one attached hydrogen (secondary N) is 1. The molecule has 138 valence electrons. The molecule has 1 aliphatic heterocycles. The minimum atomic E-state index is -0.423. The number of aromatic nitrogens is 5. The van der Waals surface area contributed by atoms with Gasteiger partial charge < -0.3 is 10.6 Å². The highest BCUT2D eigenvalue weighted by molar-refractivity contribution is 5.99. The number of carbonyl (C=O) groups excluding carboxylic acids is 1. The van der Waals surface area contributed by atoms with Crippen LogP contribution in [0.5, 0.6) is 0 Å². The second-order valence-electron chi connectivity index (χ2n) is 6.72. The molecule has 28 heavy (non-hydrogen) atoms. The van der Waals surface area contributed by atoms with Gasteiger partial charge in [-0.2, -0.15) is 5.10 Å². The average Bonchev–Trinajstić information content (AvgIpc) is 3.32. The highest BCUT2D eigenvalue weighted by Crippen LogP contribution is 2.29. The van der Waals surface area contributed by atoms with Gasteiger partial charge in [-0.1, -0.05) is 0 Å². The van der Waals surface area contributed by atoms with Crippen molar-refractivity contribution in [2.75, 3.05) is 11.4 Å². The molecule has 3 N–H and O–H groups in total. The molecule has 5 rings (SSSR count). The minimum absolute atomic E-state index is 0.0630. The Balaban J connectivity index is 1.51. The summed E-state index contributed by atoms with van der Waals surface area (Å²) < 4.78 is 0. The summed E-state index contributed by atoms with van der Waals surface area (Å²) >= 11 is 0. The number of hydrogen-bond donors (Lipinski definition) is 2. The third-order valence-corrected chi connectivity index (χ3v) is 4.95. The molecule has 0 aromatic carbocycles. The summed E-state index contributed by atoms with van der Waals surface area (Å²) in [7, 11) is 0. The Morgan fingerprint density at radius 3 is 2.71 bits per heavy atom. The Morgan fingerprint density at radius 1 is 1.11 bits per heavy atom. The third-order valence-electron chi connectivity index (χ3n) is 4.95. The molecule has 4 aromatic heterocycles. The van der Waals surface area contributed by atoms with Crippen molar-refractivity contribution in [3.8, 4) is 22.6 Å². The number of amides is 1. The highest BCUT2D eigenvalue weighted by atomic mass is 16.2. The fourth-order valence-corrected chi connectivity index (χ4v) is 3.43. The molecule has 0 bridgehead atoms. The predicted molar refractivity (Wildman–Crippen MR) is 105 cm³/mol. The van der Waals surface area contributed by atoms with Gasteiger partial charge in [-0.3, -0.25) is 24.8 Å². The van der Waals surface area contributed by atoms with E-state index in [1.54, 1.807) is 29.7 Å². The van der Waals surface area contributed by atoms with Gasteiger partial charge in [-0.05, 0) is 36.8 Å². The Labute approximate surface area is 160 Å². The fourth-order valence-electron chi connectivity index (χ4n) is 3.43. The van der Waals surface area contributed by atoms with Crippen LogP contribution in [0.15, 0.2) is 55.1 Å². The van der Waals surface area contributed by atoms with Gasteiger partial charge in [0.2, 0.25) is 5.91 Å². The molecule has 1 aliphatic rings. The van der Waals surface area contributed by atoms with Crippen molar-refractivity contribution in [1.29, 1.82) is 0 Å². The van der Waals surface area contributed by atoms with E-state index in [1.807, 2.05) is 30.3 Å². The zero-order valence-electron chi connectivity index (χ0n) is 14.9. The largest absolute Gasteiger partial charge is 0.320 e. The van der Waals surface area contributed by atoms with E-state index in [4.69, 9.17) is 5.73 Å². The van der Waals surface area contributed by atoms with E-state index in [0.29, 0.717) is 18.7 Å². The Morgan fingerprint density at radius 2 is 2.00 bits per heavy atom. The fraction of sp³-hybridized carbons (Fsp3) is 0.150. The van der Waals surface area contributed by atoms with Crippen LogP contribution in [0, 0.1) is 0 Å². The first kappa shape index (κ1) is 16.5. The van der Waals surface area contributed by atoms with E-state index in [9.17, 15) is 4.79 Å². The van der Waals surface area contributed by atoms with Crippen LogP contribution in [-0.4, -0.2) is 43.6 Å². The molecular formula is C20H17N7O. The zero-order valence-corrected chi connectivity index (χ0v) is 14.9. The smallest absolute Gasteiger partial charge is 0.244 e. The van der Waals surface area contributed by atoms with E-state index in [2.05, 4.69) is 25.1 Å². The summed E-state index contributed by atoms with van der Waals surface area (Å²) in [5.74, 6) is -0.0630. The molecule has 4 aromatic rings. The lowest BCUT2D eigenvalue weighted by Gasteiger charge is -2.15. The van der Waals surface area contributed by atoms with Gasteiger partial charge in [0.25, 0.3) is 0 Å². The van der Waals surface area contributed by atoms with Crippen molar-refractivity contribution < 1.29 is 4.79 Å². The van der Waals surface area contributed by atoms with E-state index >= 15 is 0 Å². The normalized spacial score (nSPS) is 16.8. The zero-order chi connectivity index (χ0) is 19.1. The number of nitrogens with zero attached hydrogens (tertiary/aromatic N) is 5. The molecule has 0 spiro atoms. The van der Waals surface area contributed by atoms with Crippen molar-refractivity contribution in [3.63, 3.8) is 0 Å². The third kappa shape index (κ3) is 2.71. The highest BCUT2D eigenvalue weighted by Gasteiger charge is 2.29. The number of rotatable bonds is 3. The van der Waals surface area contributed by atoms with Crippen molar-refractivity contribution in [2.24, 2.45) is 5.73 Å². The van der Waals surface area contributed by atoms with Gasteiger partial charge in [-0.25, -0.2) is 0 Å². The summed E-state index contributed by atoms with van der Waals surface area (Å²) in [6.07, 6.45) is 7.62. The van der Waals surface area contributed by atoms with E-state index in [-0.39, 0.29) is 5.91 Å². The number of nitrogens with two attached hydrogens (primary N) is 1. The lowest BCUT2D eigenvalue weighted by Crippen LogP contribution is -2.33. The summed E-state index contributed by atoms with van der Waals surface area (Å²) in [5, 5.41) is 8.33. The van der Waals surface area contributed by atoms with E-state index in [0.717, 1.165) is 33.5 Å². The lowest BCUT2D eigenvalue weighted by atomic mass is 10.1. The number of pyridine rings is 3. The van der Waals surface area contributed by atoms with E-state index in [1.165, 1.54) is 0 Å². The van der Waals surface area contributed by atoms with Crippen LogP contribution in [-0.2, 0) is 4.79 Å². The average molecular weight is 371 g/mol. The van der Waals surface area contributed by atoms with Gasteiger partial charge in [-0.15, -0.1) is 0 Å². The number of hydrogen-bond acceptors (Lipinski definition) is 6. The Kier molecular flexibility index (Phi) is 3.84. The van der Waals surface area contributed by atoms with Crippen molar-refractivity contribution >= 4 is 22.5 Å². The minimum Gasteiger partial charge on any atom is -0.320 e. The van der Waals surface area contributed by atoms with Gasteiger partial charge in [0.15, 0.2) is 0 Å². The number of carbonyl (C=O) groups is 1. The first-order valence-electron chi connectivity index (χ1n) is 8.98. The standard InChI is InChI=1S/C20H17N7O/c21-15-5-7-27(20(15)28)13-3-4-16(23-10-13)19-14-8-17(12-2-1-6-22-9-12)24-11-18(14)25-26-19/h1-4,6,8-11,15H,5,7,21H2,(H,25,26)/t15-/m0/s1. The number of H-pyrrole nitrogens is 1. The Bertz CT molecular complexity index is 1150. The van der Waals surface area contributed by atoms with Crippen LogP contribution in [0.2, 0.25) is 0 Å². The predicted octanol–water partition coefficient (Wildman–Crippen LogP) is 2.15. The second-order valence-corrected chi connectivity index (χ2v) is 6.72. The molecule has 1 fully saturated rings. The summed E-state index contributed by atoms with van der Waals surface area (Å²) in [5.41, 5.74) is 10.6. The lowest BCUT2D eigenvalue weighted by molar-refractivity contribution is -0.118. The molecule has 5 heterocycles. The summed E-state index contributed by atoms with van der Waals surface area (Å²) in [6.45, 7) is 0.618. The molecular weight excluding hydrogens is 354 g/mol. The first-order valence-corrected chi connectivity index (χ1v) is 8.98. The number of aromatic amines is 1. The van der Waals surface area contributed by atoms with Gasteiger partial charge in [0.05, 0.1) is 41.0 Å². The van der Waals surface area contributed by atoms with E-state index < -0.39 is 6.04 Å². The maximum atomic E-state index is 12.1. The molecule has 0 aliphatic carbocycles. The summed E-state index contributed by atoms with van der Waals surface area (Å²) in [6, 6.07) is 9.14. The van der Waals surface area contributed by atoms with Gasteiger partial charge in [0.1, 0.15) is 5.69 Å². The SMILES string of the molecule is N[C@H]1CCN(c2ccc(-c3n[nH]c4cnc(-c5cccnc5)cc34)nc2)C1=O.